The van der Waals surface area contributed by atoms with E-state index in [2.05, 4.69) is 41.5 Å². The Bertz CT molecular complexity index is 1220. The average Bonchev–Trinajstić information content (AvgIpc) is 3.27. The van der Waals surface area contributed by atoms with E-state index < -0.39 is 0 Å². The molecular weight excluding hydrogens is 452 g/mol. The van der Waals surface area contributed by atoms with Crippen molar-refractivity contribution in [3.8, 4) is 17.1 Å². The molecule has 168 valence electrons. The van der Waals surface area contributed by atoms with Crippen molar-refractivity contribution >= 4 is 35.0 Å². The summed E-state index contributed by atoms with van der Waals surface area (Å²) in [4.78, 5) is 12.6. The molecule has 0 fully saturated rings. The van der Waals surface area contributed by atoms with Crippen LogP contribution in [0.3, 0.4) is 0 Å². The predicted octanol–water partition coefficient (Wildman–Crippen LogP) is 6.83. The zero-order valence-electron chi connectivity index (χ0n) is 18.5. The van der Waals surface area contributed by atoms with Gasteiger partial charge in [-0.25, -0.2) is 0 Å². The molecule has 0 radical (unpaired) electrons. The van der Waals surface area contributed by atoms with E-state index in [1.807, 2.05) is 71.3 Å². The van der Waals surface area contributed by atoms with Crippen LogP contribution >= 0.6 is 23.4 Å². The van der Waals surface area contributed by atoms with Crippen molar-refractivity contribution in [2.45, 2.75) is 31.3 Å². The molecule has 1 atom stereocenters. The summed E-state index contributed by atoms with van der Waals surface area (Å²) < 4.78 is 1.93. The number of para-hydroxylation sites is 1. The van der Waals surface area contributed by atoms with Crippen LogP contribution in [-0.2, 0) is 4.79 Å². The second-order valence-corrected chi connectivity index (χ2v) is 9.07. The van der Waals surface area contributed by atoms with E-state index in [0.29, 0.717) is 21.9 Å². The molecule has 1 amide bonds. The average molecular weight is 477 g/mol. The smallest absolute Gasteiger partial charge is 0.234 e. The molecule has 0 aliphatic rings. The normalized spacial score (nSPS) is 11.8. The summed E-state index contributed by atoms with van der Waals surface area (Å²) in [5.74, 6) is 1.25. The van der Waals surface area contributed by atoms with Gasteiger partial charge < -0.3 is 5.32 Å². The van der Waals surface area contributed by atoms with Crippen LogP contribution in [0.15, 0.2) is 84.0 Å². The van der Waals surface area contributed by atoms with E-state index >= 15 is 0 Å². The Morgan fingerprint density at radius 1 is 1.00 bits per heavy atom. The van der Waals surface area contributed by atoms with E-state index in [1.165, 1.54) is 17.3 Å². The Labute approximate surface area is 203 Å². The molecule has 0 bridgehead atoms. The quantitative estimate of drug-likeness (QED) is 0.283. The molecule has 4 rings (SSSR count). The number of amides is 1. The summed E-state index contributed by atoms with van der Waals surface area (Å²) in [6.07, 6.45) is 1.08. The highest BCUT2D eigenvalue weighted by Crippen LogP contribution is 2.32. The first kappa shape index (κ1) is 23.1. The molecule has 7 heteroatoms. The number of nitrogens with zero attached hydrogens (tertiary/aromatic N) is 3. The van der Waals surface area contributed by atoms with E-state index in [4.69, 9.17) is 11.6 Å². The van der Waals surface area contributed by atoms with Crippen molar-refractivity contribution in [2.24, 2.45) is 0 Å². The molecule has 4 aromatic rings. The molecule has 0 spiro atoms. The van der Waals surface area contributed by atoms with Crippen molar-refractivity contribution in [3.05, 3.63) is 89.4 Å². The van der Waals surface area contributed by atoms with E-state index in [-0.39, 0.29) is 11.7 Å². The minimum absolute atomic E-state index is 0.0989. The van der Waals surface area contributed by atoms with Gasteiger partial charge in [0, 0.05) is 16.9 Å². The largest absolute Gasteiger partial charge is 0.325 e. The maximum absolute atomic E-state index is 12.6. The maximum Gasteiger partial charge on any atom is 0.234 e. The van der Waals surface area contributed by atoms with Crippen LogP contribution in [0.1, 0.15) is 31.7 Å². The van der Waals surface area contributed by atoms with Gasteiger partial charge in [-0.15, -0.1) is 10.2 Å². The number of anilines is 1. The van der Waals surface area contributed by atoms with Gasteiger partial charge in [0.1, 0.15) is 0 Å². The lowest BCUT2D eigenvalue weighted by Gasteiger charge is -2.12. The fraction of sp³-hybridized carbons (Fsp3) is 0.192. The van der Waals surface area contributed by atoms with Gasteiger partial charge in [0.05, 0.1) is 10.8 Å². The van der Waals surface area contributed by atoms with Gasteiger partial charge in [0.2, 0.25) is 5.91 Å². The predicted molar refractivity (Wildman–Crippen MR) is 136 cm³/mol. The highest BCUT2D eigenvalue weighted by molar-refractivity contribution is 7.99. The number of nitrogens with one attached hydrogen (secondary N) is 1. The summed E-state index contributed by atoms with van der Waals surface area (Å²) in [6.45, 7) is 4.37. The highest BCUT2D eigenvalue weighted by atomic mass is 35.5. The lowest BCUT2D eigenvalue weighted by Crippen LogP contribution is -2.14. The summed E-state index contributed by atoms with van der Waals surface area (Å²) in [6, 6.07) is 25.4. The van der Waals surface area contributed by atoms with Crippen LogP contribution in [0, 0.1) is 0 Å². The second kappa shape index (κ2) is 10.7. The van der Waals surface area contributed by atoms with Crippen molar-refractivity contribution in [3.63, 3.8) is 0 Å². The molecule has 33 heavy (non-hydrogen) atoms. The van der Waals surface area contributed by atoms with Gasteiger partial charge in [-0.05, 0) is 54.3 Å². The second-order valence-electron chi connectivity index (χ2n) is 7.73. The lowest BCUT2D eigenvalue weighted by molar-refractivity contribution is -0.113. The van der Waals surface area contributed by atoms with Crippen molar-refractivity contribution in [1.82, 2.24) is 14.8 Å². The number of carbonyl (C=O) groups is 1. The lowest BCUT2D eigenvalue weighted by atomic mass is 9.99. The number of thioether (sulfide) groups is 1. The van der Waals surface area contributed by atoms with E-state index in [9.17, 15) is 4.79 Å². The molecule has 0 saturated heterocycles. The van der Waals surface area contributed by atoms with Gasteiger partial charge >= 0.3 is 0 Å². The number of hydrogen-bond donors (Lipinski definition) is 1. The van der Waals surface area contributed by atoms with Gasteiger partial charge in [0.15, 0.2) is 11.0 Å². The zero-order valence-corrected chi connectivity index (χ0v) is 20.1. The molecule has 5 nitrogen and oxygen atoms in total. The Kier molecular flexibility index (Phi) is 7.47. The molecule has 3 aromatic carbocycles. The summed E-state index contributed by atoms with van der Waals surface area (Å²) >= 11 is 7.77. The minimum Gasteiger partial charge on any atom is -0.325 e. The van der Waals surface area contributed by atoms with Crippen molar-refractivity contribution in [2.75, 3.05) is 11.1 Å². The van der Waals surface area contributed by atoms with Crippen molar-refractivity contribution < 1.29 is 4.79 Å². The van der Waals surface area contributed by atoms with Gasteiger partial charge in [-0.3, -0.25) is 9.36 Å². The zero-order chi connectivity index (χ0) is 23.2. The molecule has 1 unspecified atom stereocenters. The topological polar surface area (TPSA) is 59.8 Å². The summed E-state index contributed by atoms with van der Waals surface area (Å²) in [7, 11) is 0. The van der Waals surface area contributed by atoms with Crippen LogP contribution in [0.4, 0.5) is 5.69 Å². The first-order valence-electron chi connectivity index (χ1n) is 10.8. The SMILES string of the molecule is CCC(C)c1ccc(NC(=O)CSc2nnc(-c3ccccc3Cl)n2-c2ccccc2)cc1. The Morgan fingerprint density at radius 2 is 1.70 bits per heavy atom. The molecule has 0 aliphatic carbocycles. The third-order valence-electron chi connectivity index (χ3n) is 5.47. The van der Waals surface area contributed by atoms with Crippen LogP contribution in [0.2, 0.25) is 5.02 Å². The summed E-state index contributed by atoms with van der Waals surface area (Å²) in [5, 5.41) is 12.9. The van der Waals surface area contributed by atoms with E-state index in [1.54, 1.807) is 0 Å². The standard InChI is InChI=1S/C26H25ClN4OS/c1-3-18(2)19-13-15-20(16-14-19)28-24(32)17-33-26-30-29-25(22-11-7-8-12-23(22)27)31(26)21-9-5-4-6-10-21/h4-16,18H,3,17H2,1-2H3,(H,28,32). The van der Waals surface area contributed by atoms with Crippen LogP contribution in [0.25, 0.3) is 17.1 Å². The van der Waals surface area contributed by atoms with Crippen molar-refractivity contribution in [1.29, 1.82) is 0 Å². The fourth-order valence-corrected chi connectivity index (χ4v) is 4.42. The molecule has 0 saturated carbocycles. The molecule has 1 heterocycles. The van der Waals surface area contributed by atoms with Gasteiger partial charge in [-0.2, -0.15) is 0 Å². The first-order chi connectivity index (χ1) is 16.1. The van der Waals surface area contributed by atoms with Gasteiger partial charge in [-0.1, -0.05) is 79.7 Å². The fourth-order valence-electron chi connectivity index (χ4n) is 3.45. The maximum atomic E-state index is 12.6. The molecule has 0 aliphatic heterocycles. The Balaban J connectivity index is 1.52. The van der Waals surface area contributed by atoms with Crippen LogP contribution < -0.4 is 5.32 Å². The number of hydrogen-bond acceptors (Lipinski definition) is 4. The third-order valence-corrected chi connectivity index (χ3v) is 6.73. The van der Waals surface area contributed by atoms with Gasteiger partial charge in [0.25, 0.3) is 0 Å². The number of rotatable bonds is 8. The Hall–Kier alpha value is -3.09. The first-order valence-corrected chi connectivity index (χ1v) is 12.2. The molecule has 1 N–H and O–H groups in total. The third kappa shape index (κ3) is 5.46. The number of halogens is 1. The van der Waals surface area contributed by atoms with E-state index in [0.717, 1.165) is 23.4 Å². The molecule has 1 aromatic heterocycles. The number of aromatic nitrogens is 3. The highest BCUT2D eigenvalue weighted by Gasteiger charge is 2.19. The summed E-state index contributed by atoms with van der Waals surface area (Å²) in [5.41, 5.74) is 3.75. The number of benzene rings is 3. The number of carbonyl (C=O) groups excluding carboxylic acids is 1. The Morgan fingerprint density at radius 3 is 2.39 bits per heavy atom. The monoisotopic (exact) mass is 476 g/mol. The van der Waals surface area contributed by atoms with Crippen LogP contribution in [0.5, 0.6) is 0 Å². The molecular formula is C26H25ClN4OS. The minimum atomic E-state index is -0.0989. The van der Waals surface area contributed by atoms with Crippen LogP contribution in [-0.4, -0.2) is 26.4 Å².